The molecular weight excluding hydrogens is 1010 g/mol. The summed E-state index contributed by atoms with van der Waals surface area (Å²) in [5.74, 6) is 0. The SMILES string of the molecule is CN(C)CC1(C)CCN(c2ccncc2N)CC1.CN1CCCN(c2ccncc2N)CC1.Nc1cnccc1N1CCN2CCC1CC2.Nc1cnccc1N1CCN2CCC[C@@H]2C1.Nc1cnccc1N1CCN2CCC[C@H]2C1. The first-order valence-corrected chi connectivity index (χ1v) is 30.1. The van der Waals surface area contributed by atoms with Crippen molar-refractivity contribution in [3.8, 4) is 0 Å². The minimum Gasteiger partial charge on any atom is -0.396 e. The zero-order valence-corrected chi connectivity index (χ0v) is 49.3. The van der Waals surface area contributed by atoms with E-state index in [0.717, 1.165) is 142 Å². The van der Waals surface area contributed by atoms with Gasteiger partial charge in [0.05, 0.1) is 87.9 Å². The largest absolute Gasteiger partial charge is 0.396 e. The molecule has 10 N–H and O–H groups in total. The predicted molar refractivity (Wildman–Crippen MR) is 336 cm³/mol. The zero-order valence-electron chi connectivity index (χ0n) is 49.3. The van der Waals surface area contributed by atoms with Gasteiger partial charge in [-0.25, -0.2) is 0 Å². The third-order valence-corrected chi connectivity index (χ3v) is 18.0. The second-order valence-corrected chi connectivity index (χ2v) is 24.2. The van der Waals surface area contributed by atoms with Gasteiger partial charge in [-0.2, -0.15) is 0 Å². The molecule has 9 saturated heterocycles. The lowest BCUT2D eigenvalue weighted by Crippen LogP contribution is -2.50. The highest BCUT2D eigenvalue weighted by molar-refractivity contribution is 5.69. The number of anilines is 10. The zero-order chi connectivity index (χ0) is 56.7. The molecule has 9 fully saturated rings. The van der Waals surface area contributed by atoms with Crippen molar-refractivity contribution in [2.45, 2.75) is 82.8 Å². The van der Waals surface area contributed by atoms with Crippen molar-refractivity contribution in [1.82, 2.24) is 49.4 Å². The van der Waals surface area contributed by atoms with Crippen LogP contribution in [0.15, 0.2) is 92.3 Å². The summed E-state index contributed by atoms with van der Waals surface area (Å²) < 4.78 is 0. The molecule has 81 heavy (non-hydrogen) atoms. The molecule has 14 rings (SSSR count). The van der Waals surface area contributed by atoms with E-state index in [4.69, 9.17) is 28.7 Å². The molecule has 0 amide bonds. The molecule has 9 aliphatic heterocycles. The van der Waals surface area contributed by atoms with Crippen molar-refractivity contribution < 1.29 is 0 Å². The van der Waals surface area contributed by atoms with Gasteiger partial charge in [0.25, 0.3) is 0 Å². The van der Waals surface area contributed by atoms with Gasteiger partial charge >= 0.3 is 0 Å². The Morgan fingerprint density at radius 2 is 0.852 bits per heavy atom. The maximum absolute atomic E-state index is 6.02. The summed E-state index contributed by atoms with van der Waals surface area (Å²) in [5, 5.41) is 0. The normalized spacial score (nSPS) is 23.7. The summed E-state index contributed by atoms with van der Waals surface area (Å²) in [7, 11) is 6.47. The fourth-order valence-electron chi connectivity index (χ4n) is 13.5. The Bertz CT molecular complexity index is 2620. The van der Waals surface area contributed by atoms with E-state index in [9.17, 15) is 0 Å². The first-order valence-electron chi connectivity index (χ1n) is 30.1. The van der Waals surface area contributed by atoms with E-state index in [0.29, 0.717) is 11.5 Å². The van der Waals surface area contributed by atoms with Crippen LogP contribution in [0.2, 0.25) is 0 Å². The lowest BCUT2D eigenvalue weighted by Gasteiger charge is -2.42. The van der Waals surface area contributed by atoms with Crippen LogP contribution in [-0.2, 0) is 0 Å². The first-order chi connectivity index (χ1) is 39.3. The third-order valence-electron chi connectivity index (χ3n) is 18.0. The van der Waals surface area contributed by atoms with Crippen molar-refractivity contribution in [1.29, 1.82) is 0 Å². The number of pyridine rings is 5. The second-order valence-electron chi connectivity index (χ2n) is 24.2. The molecule has 20 heteroatoms. The Balaban J connectivity index is 0.000000122. The molecule has 0 unspecified atom stereocenters. The van der Waals surface area contributed by atoms with E-state index in [1.54, 1.807) is 37.2 Å². The highest BCUT2D eigenvalue weighted by atomic mass is 15.3. The van der Waals surface area contributed by atoms with Gasteiger partial charge in [0, 0.05) is 154 Å². The highest BCUT2D eigenvalue weighted by Gasteiger charge is 2.34. The number of nitrogen functional groups attached to an aromatic ring is 5. The van der Waals surface area contributed by atoms with E-state index in [2.05, 4.69) is 102 Å². The lowest BCUT2D eigenvalue weighted by molar-refractivity contribution is 0.175. The molecule has 14 heterocycles. The van der Waals surface area contributed by atoms with Crippen molar-refractivity contribution in [3.63, 3.8) is 0 Å². The summed E-state index contributed by atoms with van der Waals surface area (Å²) in [6.45, 7) is 24.2. The summed E-state index contributed by atoms with van der Waals surface area (Å²) >= 11 is 0. The number of piperazine rings is 2. The minimum atomic E-state index is 0.432. The molecule has 0 aliphatic carbocycles. The number of nitrogens with zero attached hydrogens (tertiary/aromatic N) is 15. The molecule has 5 aromatic heterocycles. The van der Waals surface area contributed by atoms with Gasteiger partial charge in [-0.3, -0.25) is 34.7 Å². The molecule has 0 radical (unpaired) electrons. The van der Waals surface area contributed by atoms with Crippen LogP contribution in [0.1, 0.15) is 64.7 Å². The standard InChI is InChI=1S/C14H24N4.3C12H18N4.C11H18N4/c1-14(11-17(2)3)5-8-18(9-6-14)13-4-7-16-10-12(13)15;13-11-9-14-4-1-12(11)16-8-7-15-5-2-10(16)3-6-15;2*13-11-8-14-4-3-12(11)16-7-6-15-5-1-2-10(15)9-16;1-14-5-2-6-15(8-7-14)11-3-4-13-9-10(11)12/h4,7,10H,5-6,8-9,11,15H2,1-3H3;1,4,9-10H,2-3,5-8,13H2;2*3-4,8,10H,1-2,5-7,9,13H2;3-4,9H,2,5-8,12H2,1H3/t;;2*10-;/m..10./s1. The summed E-state index contributed by atoms with van der Waals surface area (Å²) in [5.41, 5.74) is 40.0. The van der Waals surface area contributed by atoms with Gasteiger partial charge in [-0.15, -0.1) is 0 Å². The van der Waals surface area contributed by atoms with Crippen molar-refractivity contribution in [3.05, 3.63) is 92.3 Å². The number of piperidine rings is 2. The Labute approximate surface area is 483 Å². The van der Waals surface area contributed by atoms with E-state index in [1.807, 2.05) is 55.1 Å². The molecule has 0 saturated carbocycles. The summed E-state index contributed by atoms with van der Waals surface area (Å²) in [6, 6.07) is 12.3. The monoisotopic (exact) mass is 1110 g/mol. The smallest absolute Gasteiger partial charge is 0.0738 e. The predicted octanol–water partition coefficient (Wildman–Crippen LogP) is 5.48. The third kappa shape index (κ3) is 16.0. The number of hydrogen-bond donors (Lipinski definition) is 5. The quantitative estimate of drug-likeness (QED) is 0.136. The molecule has 0 aromatic carbocycles. The van der Waals surface area contributed by atoms with Crippen molar-refractivity contribution in [2.75, 3.05) is 199 Å². The van der Waals surface area contributed by atoms with Crippen LogP contribution in [0.5, 0.6) is 0 Å². The molecule has 2 atom stereocenters. The molecule has 9 aliphatic rings. The number of nitrogens with two attached hydrogens (primary N) is 5. The minimum absolute atomic E-state index is 0.432. The molecular formula is C61H96N20. The number of hydrogen-bond acceptors (Lipinski definition) is 20. The topological polar surface area (TPSA) is 227 Å². The Kier molecular flexibility index (Phi) is 20.8. The van der Waals surface area contributed by atoms with Crippen LogP contribution < -0.4 is 53.2 Å². The number of aromatic nitrogens is 5. The fourth-order valence-corrected chi connectivity index (χ4v) is 13.5. The number of fused-ring (bicyclic) bond motifs is 6. The molecule has 5 aromatic rings. The summed E-state index contributed by atoms with van der Waals surface area (Å²) in [4.78, 5) is 44.6. The maximum Gasteiger partial charge on any atom is 0.0738 e. The van der Waals surface area contributed by atoms with Crippen LogP contribution in [0.4, 0.5) is 56.9 Å². The van der Waals surface area contributed by atoms with E-state index in [1.165, 1.54) is 109 Å². The molecule has 440 valence electrons. The van der Waals surface area contributed by atoms with Crippen molar-refractivity contribution in [2.24, 2.45) is 5.41 Å². The van der Waals surface area contributed by atoms with Crippen molar-refractivity contribution >= 4 is 56.9 Å². The number of rotatable bonds is 7. The lowest BCUT2D eigenvalue weighted by atomic mass is 9.80. The van der Waals surface area contributed by atoms with Gasteiger partial charge in [-0.05, 0) is 134 Å². The van der Waals surface area contributed by atoms with Crippen LogP contribution in [0.25, 0.3) is 0 Å². The average Bonchev–Trinajstić information content (AvgIpc) is 3.99. The molecule has 20 nitrogen and oxygen atoms in total. The van der Waals surface area contributed by atoms with E-state index >= 15 is 0 Å². The maximum atomic E-state index is 6.02. The molecule has 2 bridgehead atoms. The van der Waals surface area contributed by atoms with Gasteiger partial charge in [-0.1, -0.05) is 6.92 Å². The Morgan fingerprint density at radius 1 is 0.432 bits per heavy atom. The summed E-state index contributed by atoms with van der Waals surface area (Å²) in [6.07, 6.45) is 29.4. The van der Waals surface area contributed by atoms with Gasteiger partial charge < -0.3 is 67.9 Å². The van der Waals surface area contributed by atoms with Crippen LogP contribution >= 0.6 is 0 Å². The van der Waals surface area contributed by atoms with Gasteiger partial charge in [0.2, 0.25) is 0 Å². The van der Waals surface area contributed by atoms with E-state index < -0.39 is 0 Å². The molecule has 0 spiro atoms. The highest BCUT2D eigenvalue weighted by Crippen LogP contribution is 2.36. The van der Waals surface area contributed by atoms with Gasteiger partial charge in [0.15, 0.2) is 0 Å². The second kappa shape index (κ2) is 28.5. The van der Waals surface area contributed by atoms with Crippen LogP contribution in [-0.4, -0.2) is 213 Å². The number of likely N-dealkylation sites (N-methyl/N-ethyl adjacent to an activating group) is 1. The first kappa shape index (κ1) is 59.2. The van der Waals surface area contributed by atoms with E-state index in [-0.39, 0.29) is 0 Å². The average molecular weight is 1110 g/mol. The Hall–Kier alpha value is -6.45. The van der Waals surface area contributed by atoms with Crippen LogP contribution in [0.3, 0.4) is 0 Å². The Morgan fingerprint density at radius 3 is 1.30 bits per heavy atom. The fraction of sp³-hybridized carbons (Fsp3) is 0.590. The van der Waals surface area contributed by atoms with Gasteiger partial charge in [0.1, 0.15) is 0 Å². The van der Waals surface area contributed by atoms with Crippen LogP contribution in [0, 0.1) is 5.41 Å².